The maximum Gasteiger partial charge on any atom is 0.256 e. The summed E-state index contributed by atoms with van der Waals surface area (Å²) in [6, 6.07) is 5.70. The number of benzene rings is 1. The maximum atomic E-state index is 14.4. The molecule has 0 unspecified atom stereocenters. The Morgan fingerprint density at radius 3 is 2.53 bits per heavy atom. The fraction of sp³-hybridized carbons (Fsp3) is 0.680. The number of hydrogen-bond acceptors (Lipinski definition) is 6. The summed E-state index contributed by atoms with van der Waals surface area (Å²) in [6.07, 6.45) is -1.32. The van der Waals surface area contributed by atoms with Crippen LogP contribution in [0.25, 0.3) is 0 Å². The average molecular weight is 483 g/mol. The van der Waals surface area contributed by atoms with Gasteiger partial charge in [-0.15, -0.1) is 0 Å². The number of ether oxygens (including phenoxy) is 2. The van der Waals surface area contributed by atoms with Crippen molar-refractivity contribution in [3.8, 4) is 0 Å². The first kappa shape index (κ1) is 28.2. The van der Waals surface area contributed by atoms with E-state index in [-0.39, 0.29) is 37.7 Å². The molecule has 0 spiro atoms. The number of amides is 2. The monoisotopic (exact) mass is 482 g/mol. The van der Waals surface area contributed by atoms with Crippen LogP contribution in [0.15, 0.2) is 24.3 Å². The van der Waals surface area contributed by atoms with Gasteiger partial charge in [0.15, 0.2) is 0 Å². The van der Waals surface area contributed by atoms with E-state index < -0.39 is 30.0 Å². The molecular weight excluding hydrogens is 443 g/mol. The Balaban J connectivity index is 2.32. The summed E-state index contributed by atoms with van der Waals surface area (Å²) in [5.74, 6) is -0.971. The van der Waals surface area contributed by atoms with E-state index in [0.717, 1.165) is 6.42 Å². The minimum absolute atomic E-state index is 0.0742. The number of nitrogens with zero attached hydrogens (tertiary/aromatic N) is 2. The predicted octanol–water partition coefficient (Wildman–Crippen LogP) is 2.08. The van der Waals surface area contributed by atoms with Crippen LogP contribution in [-0.4, -0.2) is 96.1 Å². The fourth-order valence-corrected chi connectivity index (χ4v) is 3.74. The van der Waals surface area contributed by atoms with E-state index in [2.05, 4.69) is 0 Å². The molecule has 0 bridgehead atoms. The number of rotatable bonds is 5. The van der Waals surface area contributed by atoms with Crippen molar-refractivity contribution >= 4 is 11.8 Å². The van der Waals surface area contributed by atoms with Crippen molar-refractivity contribution in [2.24, 2.45) is 5.92 Å². The summed E-state index contributed by atoms with van der Waals surface area (Å²) < 4.78 is 25.9. The molecule has 2 rings (SSSR count). The van der Waals surface area contributed by atoms with Crippen LogP contribution in [0.3, 0.4) is 0 Å². The largest absolute Gasteiger partial charge is 0.388 e. The molecule has 1 aliphatic rings. The molecule has 0 aromatic heterocycles. The highest BCUT2D eigenvalue weighted by atomic mass is 19.1. The molecule has 192 valence electrons. The Labute approximate surface area is 201 Å². The lowest BCUT2D eigenvalue weighted by Gasteiger charge is -2.34. The Bertz CT molecular complexity index is 778. The van der Waals surface area contributed by atoms with Crippen LogP contribution in [-0.2, 0) is 14.3 Å². The highest BCUT2D eigenvalue weighted by Gasteiger charge is 2.32. The minimum Gasteiger partial charge on any atom is -0.388 e. The lowest BCUT2D eigenvalue weighted by atomic mass is 10.1. The molecule has 1 fully saturated rings. The summed E-state index contributed by atoms with van der Waals surface area (Å²) in [5, 5.41) is 21.3. The second-order valence-corrected chi connectivity index (χ2v) is 9.17. The second-order valence-electron chi connectivity index (χ2n) is 9.17. The molecule has 3 atom stereocenters. The van der Waals surface area contributed by atoms with Crippen molar-refractivity contribution in [2.75, 3.05) is 46.0 Å². The Hall–Kier alpha value is -2.07. The van der Waals surface area contributed by atoms with Gasteiger partial charge in [0.1, 0.15) is 24.1 Å². The topological polar surface area (TPSA) is 99.5 Å². The minimum atomic E-state index is -1.31. The summed E-state index contributed by atoms with van der Waals surface area (Å²) in [6.45, 7) is 7.02. The van der Waals surface area contributed by atoms with E-state index >= 15 is 0 Å². The molecule has 1 aromatic carbocycles. The van der Waals surface area contributed by atoms with Gasteiger partial charge in [-0.05, 0) is 37.3 Å². The van der Waals surface area contributed by atoms with Gasteiger partial charge in [-0.25, -0.2) is 4.39 Å². The van der Waals surface area contributed by atoms with Crippen molar-refractivity contribution < 1.29 is 33.7 Å². The fourth-order valence-electron chi connectivity index (χ4n) is 3.74. The maximum absolute atomic E-state index is 14.4. The number of carbonyl (C=O) groups excluding carboxylic acids is 2. The molecule has 2 amide bonds. The number of carbonyl (C=O) groups is 2. The van der Waals surface area contributed by atoms with Gasteiger partial charge in [0.2, 0.25) is 5.91 Å². The number of aliphatic hydroxyl groups excluding tert-OH is 2. The van der Waals surface area contributed by atoms with Gasteiger partial charge in [0.25, 0.3) is 5.91 Å². The Kier molecular flexibility index (Phi) is 11.9. The van der Waals surface area contributed by atoms with Crippen molar-refractivity contribution in [3.63, 3.8) is 0 Å². The Morgan fingerprint density at radius 2 is 1.85 bits per heavy atom. The summed E-state index contributed by atoms with van der Waals surface area (Å²) in [5.41, 5.74) is -0.0997. The third kappa shape index (κ3) is 8.94. The van der Waals surface area contributed by atoms with E-state index in [0.29, 0.717) is 38.5 Å². The summed E-state index contributed by atoms with van der Waals surface area (Å²) >= 11 is 0. The van der Waals surface area contributed by atoms with Gasteiger partial charge >= 0.3 is 0 Å². The van der Waals surface area contributed by atoms with E-state index in [1.807, 2.05) is 13.8 Å². The van der Waals surface area contributed by atoms with Crippen LogP contribution < -0.4 is 0 Å². The zero-order valence-electron chi connectivity index (χ0n) is 20.5. The standard InChI is InChI=1S/C25H39FN2O6/c1-18(2)10-15-34-23-16-28(25(32)20-8-4-5-9-21(20)26)13-12-27(19(3)29)11-6-7-14-33-17-22(30)24(23)31/h4-5,8-9,18,22-24,30-31H,6-7,10-17H2,1-3H3/t22-,23-,24-/m1/s1. The van der Waals surface area contributed by atoms with Crippen LogP contribution in [0.2, 0.25) is 0 Å². The molecule has 1 heterocycles. The van der Waals surface area contributed by atoms with Crippen molar-refractivity contribution in [3.05, 3.63) is 35.6 Å². The lowest BCUT2D eigenvalue weighted by molar-refractivity contribution is -0.130. The smallest absolute Gasteiger partial charge is 0.256 e. The van der Waals surface area contributed by atoms with Crippen molar-refractivity contribution in [2.45, 2.75) is 58.3 Å². The van der Waals surface area contributed by atoms with Gasteiger partial charge in [-0.1, -0.05) is 26.0 Å². The predicted molar refractivity (Wildman–Crippen MR) is 126 cm³/mol. The molecule has 0 saturated carbocycles. The molecule has 34 heavy (non-hydrogen) atoms. The first-order chi connectivity index (χ1) is 16.2. The molecule has 0 radical (unpaired) electrons. The van der Waals surface area contributed by atoms with Gasteiger partial charge in [0.05, 0.1) is 12.2 Å². The van der Waals surface area contributed by atoms with Crippen molar-refractivity contribution in [1.82, 2.24) is 9.80 Å². The number of aliphatic hydroxyl groups is 2. The highest BCUT2D eigenvalue weighted by molar-refractivity contribution is 5.94. The number of halogens is 1. The van der Waals surface area contributed by atoms with Crippen LogP contribution in [0.1, 0.15) is 50.4 Å². The van der Waals surface area contributed by atoms with E-state index in [1.54, 1.807) is 11.0 Å². The van der Waals surface area contributed by atoms with Gasteiger partial charge in [0, 0.05) is 46.3 Å². The van der Waals surface area contributed by atoms with Crippen LogP contribution in [0.4, 0.5) is 4.39 Å². The molecule has 8 nitrogen and oxygen atoms in total. The lowest BCUT2D eigenvalue weighted by Crippen LogP contribution is -2.51. The third-order valence-corrected chi connectivity index (χ3v) is 5.93. The van der Waals surface area contributed by atoms with Crippen LogP contribution in [0.5, 0.6) is 0 Å². The Morgan fingerprint density at radius 1 is 1.15 bits per heavy atom. The van der Waals surface area contributed by atoms with Crippen LogP contribution in [0, 0.1) is 11.7 Å². The third-order valence-electron chi connectivity index (χ3n) is 5.93. The van der Waals surface area contributed by atoms with Gasteiger partial charge < -0.3 is 29.5 Å². The summed E-state index contributed by atoms with van der Waals surface area (Å²) in [7, 11) is 0. The summed E-state index contributed by atoms with van der Waals surface area (Å²) in [4.78, 5) is 28.5. The molecule has 1 aliphatic heterocycles. The zero-order chi connectivity index (χ0) is 25.1. The molecule has 2 N–H and O–H groups in total. The quantitative estimate of drug-likeness (QED) is 0.667. The van der Waals surface area contributed by atoms with E-state index in [9.17, 15) is 24.2 Å². The van der Waals surface area contributed by atoms with Crippen molar-refractivity contribution in [1.29, 1.82) is 0 Å². The molecule has 0 aliphatic carbocycles. The SMILES string of the molecule is CC(=O)N1CCCCOC[C@@H](O)[C@@H](O)[C@H](OCCC(C)C)CN(C(=O)c2ccccc2F)CC1. The highest BCUT2D eigenvalue weighted by Crippen LogP contribution is 2.16. The second kappa shape index (κ2) is 14.4. The first-order valence-electron chi connectivity index (χ1n) is 12.1. The molecule has 1 aromatic rings. The van der Waals surface area contributed by atoms with E-state index in [4.69, 9.17) is 9.47 Å². The van der Waals surface area contributed by atoms with Gasteiger partial charge in [-0.2, -0.15) is 0 Å². The molecular formula is C25H39FN2O6. The van der Waals surface area contributed by atoms with Crippen LogP contribution >= 0.6 is 0 Å². The first-order valence-corrected chi connectivity index (χ1v) is 12.1. The number of hydrogen-bond donors (Lipinski definition) is 2. The normalized spacial score (nSPS) is 23.6. The van der Waals surface area contributed by atoms with E-state index in [1.165, 1.54) is 30.0 Å². The molecule has 9 heteroatoms. The zero-order valence-corrected chi connectivity index (χ0v) is 20.5. The van der Waals surface area contributed by atoms with Gasteiger partial charge in [-0.3, -0.25) is 9.59 Å². The average Bonchev–Trinajstić information content (AvgIpc) is 2.79. The molecule has 1 saturated heterocycles.